The number of halogens is 1. The van der Waals surface area contributed by atoms with Gasteiger partial charge in [0.25, 0.3) is 0 Å². The second-order valence-electron chi connectivity index (χ2n) is 6.37. The second kappa shape index (κ2) is 9.37. The van der Waals surface area contributed by atoms with Gasteiger partial charge in [0, 0.05) is 5.56 Å². The first-order valence-corrected chi connectivity index (χ1v) is 9.13. The fourth-order valence-electron chi connectivity index (χ4n) is 3.19. The van der Waals surface area contributed by atoms with E-state index in [4.69, 9.17) is 9.15 Å². The molecule has 4 nitrogen and oxygen atoms in total. The van der Waals surface area contributed by atoms with Crippen molar-refractivity contribution in [3.63, 3.8) is 0 Å². The SMILES string of the molecule is CC[N+](CC)(CC)CCOc1ccc(-c2nc3ccccc3o2)cc1.[I-]. The highest BCUT2D eigenvalue weighted by atomic mass is 127. The topological polar surface area (TPSA) is 35.3 Å². The lowest BCUT2D eigenvalue weighted by molar-refractivity contribution is -0.923. The number of ether oxygens (including phenoxy) is 1. The van der Waals surface area contributed by atoms with Gasteiger partial charge in [-0.3, -0.25) is 0 Å². The van der Waals surface area contributed by atoms with E-state index in [-0.39, 0.29) is 24.0 Å². The number of hydrogen-bond donors (Lipinski definition) is 0. The van der Waals surface area contributed by atoms with E-state index in [1.807, 2.05) is 48.5 Å². The number of likely N-dealkylation sites (N-methyl/N-ethyl adjacent to an activating group) is 1. The highest BCUT2D eigenvalue weighted by Gasteiger charge is 2.20. The Kier molecular flexibility index (Phi) is 7.46. The van der Waals surface area contributed by atoms with Crippen molar-refractivity contribution < 1.29 is 37.6 Å². The van der Waals surface area contributed by atoms with Gasteiger partial charge in [-0.15, -0.1) is 0 Å². The van der Waals surface area contributed by atoms with Crippen LogP contribution >= 0.6 is 0 Å². The quantitative estimate of drug-likeness (QED) is 0.375. The molecule has 0 spiro atoms. The zero-order chi connectivity index (χ0) is 17.7. The molecule has 0 unspecified atom stereocenters. The van der Waals surface area contributed by atoms with Crippen LogP contribution in [0, 0.1) is 0 Å². The molecule has 0 saturated carbocycles. The first-order valence-electron chi connectivity index (χ1n) is 9.13. The van der Waals surface area contributed by atoms with Crippen molar-refractivity contribution in [2.24, 2.45) is 0 Å². The minimum Gasteiger partial charge on any atom is -1.00 e. The van der Waals surface area contributed by atoms with E-state index in [0.717, 1.165) is 59.7 Å². The summed E-state index contributed by atoms with van der Waals surface area (Å²) in [5, 5.41) is 0. The maximum atomic E-state index is 5.95. The Morgan fingerprint density at radius 1 is 0.923 bits per heavy atom. The highest BCUT2D eigenvalue weighted by Crippen LogP contribution is 2.25. The van der Waals surface area contributed by atoms with E-state index in [2.05, 4.69) is 25.8 Å². The number of oxazole rings is 1. The number of nitrogens with zero attached hydrogens (tertiary/aromatic N) is 2. The maximum absolute atomic E-state index is 5.95. The van der Waals surface area contributed by atoms with Crippen LogP contribution in [0.4, 0.5) is 0 Å². The summed E-state index contributed by atoms with van der Waals surface area (Å²) in [7, 11) is 0. The minimum atomic E-state index is 0. The van der Waals surface area contributed by atoms with E-state index >= 15 is 0 Å². The molecule has 0 atom stereocenters. The first kappa shape index (κ1) is 20.7. The molecule has 3 rings (SSSR count). The van der Waals surface area contributed by atoms with E-state index in [1.54, 1.807) is 0 Å². The van der Waals surface area contributed by atoms with Crippen molar-refractivity contribution in [2.45, 2.75) is 20.8 Å². The maximum Gasteiger partial charge on any atom is 0.227 e. The van der Waals surface area contributed by atoms with Crippen LogP contribution in [0.3, 0.4) is 0 Å². The third-order valence-corrected chi connectivity index (χ3v) is 5.24. The largest absolute Gasteiger partial charge is 1.00 e. The summed E-state index contributed by atoms with van der Waals surface area (Å²) in [6.07, 6.45) is 0. The average Bonchev–Trinajstić information content (AvgIpc) is 3.10. The molecule has 0 saturated heterocycles. The molecule has 1 aromatic heterocycles. The lowest BCUT2D eigenvalue weighted by Gasteiger charge is -2.35. The monoisotopic (exact) mass is 466 g/mol. The summed E-state index contributed by atoms with van der Waals surface area (Å²) < 4.78 is 12.9. The standard InChI is InChI=1S/C21H27N2O2.HI/c1-4-23(5-2,6-3)15-16-24-18-13-11-17(12-14-18)21-22-19-9-7-8-10-20(19)25-21;/h7-14H,4-6,15-16H2,1-3H3;1H/q+1;/p-1. The van der Waals surface area contributed by atoms with Crippen molar-refractivity contribution in [1.29, 1.82) is 0 Å². The van der Waals surface area contributed by atoms with E-state index in [9.17, 15) is 0 Å². The van der Waals surface area contributed by atoms with Gasteiger partial charge < -0.3 is 37.6 Å². The number of para-hydroxylation sites is 2. The van der Waals surface area contributed by atoms with E-state index in [1.165, 1.54) is 0 Å². The van der Waals surface area contributed by atoms with Gasteiger partial charge in [0.1, 0.15) is 24.4 Å². The molecule has 26 heavy (non-hydrogen) atoms. The van der Waals surface area contributed by atoms with Crippen molar-refractivity contribution >= 4 is 11.1 Å². The minimum absolute atomic E-state index is 0. The molecular formula is C21H27IN2O2. The summed E-state index contributed by atoms with van der Waals surface area (Å²) in [4.78, 5) is 4.53. The zero-order valence-electron chi connectivity index (χ0n) is 15.7. The Morgan fingerprint density at radius 3 is 2.19 bits per heavy atom. The molecule has 3 aromatic rings. The van der Waals surface area contributed by atoms with Crippen LogP contribution < -0.4 is 28.7 Å². The molecule has 2 aromatic carbocycles. The molecule has 0 amide bonds. The summed E-state index contributed by atoms with van der Waals surface area (Å²) in [5.41, 5.74) is 2.65. The van der Waals surface area contributed by atoms with Gasteiger partial charge in [-0.1, -0.05) is 12.1 Å². The van der Waals surface area contributed by atoms with Crippen molar-refractivity contribution in [1.82, 2.24) is 4.98 Å². The Balaban J connectivity index is 0.00000243. The number of quaternary nitrogens is 1. The third-order valence-electron chi connectivity index (χ3n) is 5.24. The fraction of sp³-hybridized carbons (Fsp3) is 0.381. The lowest BCUT2D eigenvalue weighted by atomic mass is 10.2. The molecule has 0 aliphatic carbocycles. The van der Waals surface area contributed by atoms with Crippen LogP contribution in [0.2, 0.25) is 0 Å². The summed E-state index contributed by atoms with van der Waals surface area (Å²) in [6, 6.07) is 15.8. The fourth-order valence-corrected chi connectivity index (χ4v) is 3.19. The predicted molar refractivity (Wildman–Crippen MR) is 102 cm³/mol. The number of rotatable bonds is 8. The van der Waals surface area contributed by atoms with Crippen molar-refractivity contribution in [2.75, 3.05) is 32.8 Å². The summed E-state index contributed by atoms with van der Waals surface area (Å²) in [6.45, 7) is 12.0. The van der Waals surface area contributed by atoms with Gasteiger partial charge in [0.2, 0.25) is 5.89 Å². The molecule has 5 heteroatoms. The Bertz CT molecular complexity index is 769. The zero-order valence-corrected chi connectivity index (χ0v) is 17.9. The van der Waals surface area contributed by atoms with Crippen molar-refractivity contribution in [3.8, 4) is 17.2 Å². The molecule has 0 N–H and O–H groups in total. The van der Waals surface area contributed by atoms with Crippen LogP contribution in [0.15, 0.2) is 52.9 Å². The van der Waals surface area contributed by atoms with Crippen LogP contribution in [-0.4, -0.2) is 42.3 Å². The normalized spacial score (nSPS) is 11.3. The van der Waals surface area contributed by atoms with Crippen LogP contribution in [0.1, 0.15) is 20.8 Å². The van der Waals surface area contributed by atoms with Gasteiger partial charge >= 0.3 is 0 Å². The molecule has 0 bridgehead atoms. The average molecular weight is 466 g/mol. The Morgan fingerprint density at radius 2 is 1.58 bits per heavy atom. The molecule has 0 aliphatic heterocycles. The number of benzene rings is 2. The van der Waals surface area contributed by atoms with Gasteiger partial charge in [0.15, 0.2) is 5.58 Å². The van der Waals surface area contributed by atoms with E-state index < -0.39 is 0 Å². The number of fused-ring (bicyclic) bond motifs is 1. The number of aromatic nitrogens is 1. The molecule has 140 valence electrons. The van der Waals surface area contributed by atoms with Crippen LogP contribution in [-0.2, 0) is 0 Å². The molecule has 0 fully saturated rings. The first-order chi connectivity index (χ1) is 12.2. The van der Waals surface area contributed by atoms with Gasteiger partial charge in [-0.25, -0.2) is 4.98 Å². The van der Waals surface area contributed by atoms with Crippen LogP contribution in [0.25, 0.3) is 22.6 Å². The number of hydrogen-bond acceptors (Lipinski definition) is 3. The van der Waals surface area contributed by atoms with Crippen molar-refractivity contribution in [3.05, 3.63) is 48.5 Å². The summed E-state index contributed by atoms with van der Waals surface area (Å²) >= 11 is 0. The molecule has 0 radical (unpaired) electrons. The molecular weight excluding hydrogens is 439 g/mol. The lowest BCUT2D eigenvalue weighted by Crippen LogP contribution is -3.00. The van der Waals surface area contributed by atoms with Crippen LogP contribution in [0.5, 0.6) is 5.75 Å². The molecule has 1 heterocycles. The Labute approximate surface area is 172 Å². The van der Waals surface area contributed by atoms with Gasteiger partial charge in [-0.05, 0) is 57.2 Å². The smallest absolute Gasteiger partial charge is 0.227 e. The van der Waals surface area contributed by atoms with Gasteiger partial charge in [0.05, 0.1) is 19.6 Å². The van der Waals surface area contributed by atoms with Gasteiger partial charge in [-0.2, -0.15) is 0 Å². The highest BCUT2D eigenvalue weighted by molar-refractivity contribution is 5.76. The second-order valence-corrected chi connectivity index (χ2v) is 6.37. The Hall–Kier alpha value is -1.60. The molecule has 0 aliphatic rings. The predicted octanol–water partition coefficient (Wildman–Crippen LogP) is 1.75. The third kappa shape index (κ3) is 4.57. The van der Waals surface area contributed by atoms with E-state index in [0.29, 0.717) is 5.89 Å². The summed E-state index contributed by atoms with van der Waals surface area (Å²) in [5.74, 6) is 1.53.